The molecule has 1 aromatic carbocycles. The molecular weight excluding hydrogens is 344 g/mol. The zero-order valence-corrected chi connectivity index (χ0v) is 13.9. The average Bonchev–Trinajstić information content (AvgIpc) is 2.61. The molecule has 0 radical (unpaired) electrons. The summed E-state index contributed by atoms with van der Waals surface area (Å²) in [6.07, 6.45) is 3.06. The Morgan fingerprint density at radius 3 is 2.95 bits per heavy atom. The van der Waals surface area contributed by atoms with Crippen molar-refractivity contribution in [2.45, 2.75) is 31.8 Å². The van der Waals surface area contributed by atoms with Gasteiger partial charge in [0.15, 0.2) is 0 Å². The number of methoxy groups -OCH3 is 1. The van der Waals surface area contributed by atoms with Crippen LogP contribution in [0.3, 0.4) is 0 Å². The minimum atomic E-state index is -0.0802. The van der Waals surface area contributed by atoms with Crippen molar-refractivity contribution in [3.05, 3.63) is 28.2 Å². The molecule has 20 heavy (non-hydrogen) atoms. The van der Waals surface area contributed by atoms with Gasteiger partial charge < -0.3 is 15.4 Å². The number of rotatable bonds is 4. The molecule has 0 saturated carbocycles. The van der Waals surface area contributed by atoms with E-state index in [1.165, 1.54) is 0 Å². The number of benzene rings is 1. The van der Waals surface area contributed by atoms with Gasteiger partial charge in [-0.1, -0.05) is 6.07 Å². The fourth-order valence-corrected chi connectivity index (χ4v) is 2.78. The van der Waals surface area contributed by atoms with Crippen molar-refractivity contribution in [2.75, 3.05) is 13.7 Å². The molecule has 0 aliphatic carbocycles. The molecule has 6 heteroatoms. The first-order valence-corrected chi connectivity index (χ1v) is 7.33. The number of hydrogen-bond acceptors (Lipinski definition) is 3. The molecule has 112 valence electrons. The number of amides is 1. The topological polar surface area (TPSA) is 50.4 Å². The van der Waals surface area contributed by atoms with E-state index in [0.717, 1.165) is 41.6 Å². The summed E-state index contributed by atoms with van der Waals surface area (Å²) >= 11 is 3.47. The summed E-state index contributed by atoms with van der Waals surface area (Å²) < 4.78 is 6.13. The zero-order valence-electron chi connectivity index (χ0n) is 11.4. The second-order valence-corrected chi connectivity index (χ2v) is 5.54. The average molecular weight is 364 g/mol. The summed E-state index contributed by atoms with van der Waals surface area (Å²) in [6, 6.07) is 5.86. The highest BCUT2D eigenvalue weighted by molar-refractivity contribution is 9.10. The third-order valence-corrected chi connectivity index (χ3v) is 3.92. The first-order valence-electron chi connectivity index (χ1n) is 6.54. The normalized spacial score (nSPS) is 18.7. The number of carbonyl (C=O) groups excluding carboxylic acids is 1. The van der Waals surface area contributed by atoms with E-state index in [2.05, 4.69) is 26.6 Å². The number of nitrogens with one attached hydrogen (secondary N) is 2. The number of hydrogen-bond donors (Lipinski definition) is 2. The van der Waals surface area contributed by atoms with Crippen LogP contribution >= 0.6 is 28.3 Å². The molecule has 0 aromatic heterocycles. The number of ether oxygens (including phenoxy) is 1. The van der Waals surface area contributed by atoms with Crippen LogP contribution in [0, 0.1) is 0 Å². The highest BCUT2D eigenvalue weighted by Crippen LogP contribution is 2.25. The maximum absolute atomic E-state index is 11.8. The summed E-state index contributed by atoms with van der Waals surface area (Å²) in [5.41, 5.74) is 1.13. The van der Waals surface area contributed by atoms with E-state index in [4.69, 9.17) is 4.74 Å². The van der Waals surface area contributed by atoms with Crippen LogP contribution in [0.5, 0.6) is 5.75 Å². The van der Waals surface area contributed by atoms with E-state index in [1.807, 2.05) is 18.2 Å². The quantitative estimate of drug-likeness (QED) is 0.864. The van der Waals surface area contributed by atoms with Crippen LogP contribution in [0.25, 0.3) is 0 Å². The summed E-state index contributed by atoms with van der Waals surface area (Å²) in [7, 11) is 1.65. The minimum absolute atomic E-state index is 0. The second kappa shape index (κ2) is 8.49. The smallest absolute Gasteiger partial charge is 0.237 e. The molecule has 1 aliphatic rings. The van der Waals surface area contributed by atoms with Gasteiger partial charge in [0.1, 0.15) is 5.75 Å². The van der Waals surface area contributed by atoms with Gasteiger partial charge >= 0.3 is 0 Å². The SMILES string of the molecule is COc1ccc(CNC2CCCCNC2=O)cc1Br.Cl. The molecule has 0 spiro atoms. The zero-order chi connectivity index (χ0) is 13.7. The highest BCUT2D eigenvalue weighted by atomic mass is 79.9. The molecule has 1 heterocycles. The Hall–Kier alpha value is -0.780. The van der Waals surface area contributed by atoms with Crippen LogP contribution in [0.2, 0.25) is 0 Å². The molecule has 0 bridgehead atoms. The van der Waals surface area contributed by atoms with Gasteiger partial charge in [-0.2, -0.15) is 0 Å². The molecule has 1 saturated heterocycles. The van der Waals surface area contributed by atoms with Gasteiger partial charge in [0, 0.05) is 13.1 Å². The fraction of sp³-hybridized carbons (Fsp3) is 0.500. The molecule has 4 nitrogen and oxygen atoms in total. The van der Waals surface area contributed by atoms with Crippen LogP contribution in [-0.2, 0) is 11.3 Å². The van der Waals surface area contributed by atoms with Crippen LogP contribution in [-0.4, -0.2) is 25.6 Å². The van der Waals surface area contributed by atoms with Crippen molar-refractivity contribution in [2.24, 2.45) is 0 Å². The monoisotopic (exact) mass is 362 g/mol. The predicted octanol–water partition coefficient (Wildman–Crippen LogP) is 2.64. The summed E-state index contributed by atoms with van der Waals surface area (Å²) in [5, 5.41) is 6.25. The Morgan fingerprint density at radius 2 is 2.25 bits per heavy atom. The lowest BCUT2D eigenvalue weighted by Gasteiger charge is -2.15. The lowest BCUT2D eigenvalue weighted by Crippen LogP contribution is -2.42. The summed E-state index contributed by atoms with van der Waals surface area (Å²) in [5.74, 6) is 0.932. The van der Waals surface area contributed by atoms with Crippen molar-refractivity contribution in [1.29, 1.82) is 0 Å². The van der Waals surface area contributed by atoms with Crippen LogP contribution in [0.15, 0.2) is 22.7 Å². The molecular formula is C14H20BrClN2O2. The van der Waals surface area contributed by atoms with Gasteiger partial charge in [0.25, 0.3) is 0 Å². The number of carbonyl (C=O) groups is 1. The van der Waals surface area contributed by atoms with Crippen molar-refractivity contribution in [3.8, 4) is 5.75 Å². The third kappa shape index (κ3) is 4.65. The molecule has 1 atom stereocenters. The lowest BCUT2D eigenvalue weighted by molar-refractivity contribution is -0.122. The molecule has 1 fully saturated rings. The van der Waals surface area contributed by atoms with E-state index in [-0.39, 0.29) is 24.4 Å². The first kappa shape index (κ1) is 17.3. The second-order valence-electron chi connectivity index (χ2n) is 4.69. The Kier molecular flexibility index (Phi) is 7.34. The van der Waals surface area contributed by atoms with Crippen LogP contribution in [0.1, 0.15) is 24.8 Å². The predicted molar refractivity (Wildman–Crippen MR) is 85.4 cm³/mol. The standard InChI is InChI=1S/C14H19BrN2O2.ClH/c1-19-13-6-5-10(8-11(13)15)9-17-12-4-2-3-7-16-14(12)18;/h5-6,8,12,17H,2-4,7,9H2,1H3,(H,16,18);1H. The highest BCUT2D eigenvalue weighted by Gasteiger charge is 2.19. The molecule has 2 rings (SSSR count). The van der Waals surface area contributed by atoms with Gasteiger partial charge in [-0.15, -0.1) is 12.4 Å². The molecule has 1 unspecified atom stereocenters. The third-order valence-electron chi connectivity index (χ3n) is 3.30. The van der Waals surface area contributed by atoms with Crippen LogP contribution < -0.4 is 15.4 Å². The molecule has 1 aliphatic heterocycles. The van der Waals surface area contributed by atoms with Crippen LogP contribution in [0.4, 0.5) is 0 Å². The largest absolute Gasteiger partial charge is 0.496 e. The Bertz CT molecular complexity index is 457. The van der Waals surface area contributed by atoms with Crippen molar-refractivity contribution in [1.82, 2.24) is 10.6 Å². The summed E-state index contributed by atoms with van der Waals surface area (Å²) in [4.78, 5) is 11.8. The van der Waals surface area contributed by atoms with Crippen molar-refractivity contribution >= 4 is 34.2 Å². The molecule has 2 N–H and O–H groups in total. The van der Waals surface area contributed by atoms with Gasteiger partial charge in [-0.3, -0.25) is 4.79 Å². The Morgan fingerprint density at radius 1 is 1.45 bits per heavy atom. The summed E-state index contributed by atoms with van der Waals surface area (Å²) in [6.45, 7) is 1.48. The van der Waals surface area contributed by atoms with E-state index < -0.39 is 0 Å². The lowest BCUT2D eigenvalue weighted by atomic mass is 10.1. The van der Waals surface area contributed by atoms with Gasteiger partial charge in [-0.25, -0.2) is 0 Å². The molecule has 1 amide bonds. The van der Waals surface area contributed by atoms with Crippen molar-refractivity contribution < 1.29 is 9.53 Å². The maximum Gasteiger partial charge on any atom is 0.237 e. The number of halogens is 2. The van der Waals surface area contributed by atoms with Crippen molar-refractivity contribution in [3.63, 3.8) is 0 Å². The van der Waals surface area contributed by atoms with Gasteiger partial charge in [0.05, 0.1) is 17.6 Å². The minimum Gasteiger partial charge on any atom is -0.496 e. The van der Waals surface area contributed by atoms with E-state index in [9.17, 15) is 4.79 Å². The fourth-order valence-electron chi connectivity index (χ4n) is 2.20. The van der Waals surface area contributed by atoms with Gasteiger partial charge in [0.2, 0.25) is 5.91 Å². The molecule has 1 aromatic rings. The van der Waals surface area contributed by atoms with E-state index in [1.54, 1.807) is 7.11 Å². The Labute approximate surface area is 134 Å². The van der Waals surface area contributed by atoms with Gasteiger partial charge in [-0.05, 0) is 52.9 Å². The Balaban J connectivity index is 0.00000200. The maximum atomic E-state index is 11.8. The van der Waals surface area contributed by atoms with E-state index in [0.29, 0.717) is 6.54 Å². The van der Waals surface area contributed by atoms with E-state index >= 15 is 0 Å². The first-order chi connectivity index (χ1) is 9.20.